The van der Waals surface area contributed by atoms with Gasteiger partial charge in [-0.15, -0.1) is 0 Å². The Morgan fingerprint density at radius 3 is 2.56 bits per heavy atom. The van der Waals surface area contributed by atoms with Crippen LogP contribution in [0.2, 0.25) is 0 Å². The molecule has 0 atom stereocenters. The molecule has 1 heterocycles. The molecule has 0 spiro atoms. The Morgan fingerprint density at radius 2 is 1.88 bits per heavy atom. The van der Waals surface area contributed by atoms with Crippen LogP contribution in [0.15, 0.2) is 48.5 Å². The molecule has 7 heteroatoms. The lowest BCUT2D eigenvalue weighted by atomic mass is 10.1. The molecule has 7 nitrogen and oxygen atoms in total. The molecule has 1 fully saturated rings. The second-order valence-electron chi connectivity index (χ2n) is 5.73. The molecule has 1 saturated heterocycles. The number of amides is 1. The third-order valence-electron chi connectivity index (χ3n) is 4.09. The zero-order valence-corrected chi connectivity index (χ0v) is 13.7. The molecule has 2 aromatic carbocycles. The minimum Gasteiger partial charge on any atom is -0.378 e. The Kier molecular flexibility index (Phi) is 5.25. The summed E-state index contributed by atoms with van der Waals surface area (Å²) in [6.45, 7) is 2.92. The van der Waals surface area contributed by atoms with Crippen molar-refractivity contribution in [3.63, 3.8) is 0 Å². The van der Waals surface area contributed by atoms with Gasteiger partial charge >= 0.3 is 0 Å². The molecule has 0 unspecified atom stereocenters. The molecule has 130 valence electrons. The molecule has 25 heavy (non-hydrogen) atoms. The number of rotatable bonds is 5. The average Bonchev–Trinajstić information content (AvgIpc) is 2.67. The van der Waals surface area contributed by atoms with E-state index in [0.29, 0.717) is 32.8 Å². The molecular weight excluding hydrogens is 322 g/mol. The van der Waals surface area contributed by atoms with Crippen LogP contribution in [0.1, 0.15) is 15.9 Å². The van der Waals surface area contributed by atoms with Gasteiger partial charge < -0.3 is 15.0 Å². The molecule has 0 radical (unpaired) electrons. The Bertz CT molecular complexity index is 758. The van der Waals surface area contributed by atoms with Crippen molar-refractivity contribution in [2.75, 3.05) is 31.2 Å². The summed E-state index contributed by atoms with van der Waals surface area (Å²) in [7, 11) is 0. The molecule has 2 aromatic rings. The molecule has 1 amide bonds. The summed E-state index contributed by atoms with van der Waals surface area (Å²) >= 11 is 0. The van der Waals surface area contributed by atoms with E-state index in [-0.39, 0.29) is 11.3 Å². The van der Waals surface area contributed by atoms with Gasteiger partial charge in [0.2, 0.25) is 0 Å². The van der Waals surface area contributed by atoms with Gasteiger partial charge in [-0.3, -0.25) is 14.9 Å². The normalized spacial score (nSPS) is 14.2. The number of nitrogens with one attached hydrogen (secondary N) is 1. The van der Waals surface area contributed by atoms with E-state index in [1.807, 2.05) is 30.3 Å². The standard InChI is InChI=1S/C18H19N3O4/c22-18(19-13-14-4-2-1-3-5-14)16-12-15(6-7-17(16)21(23)24)20-8-10-25-11-9-20/h1-7,12H,8-11,13H2,(H,19,22). The second-order valence-corrected chi connectivity index (χ2v) is 5.73. The first-order valence-electron chi connectivity index (χ1n) is 8.08. The zero-order chi connectivity index (χ0) is 17.6. The predicted molar refractivity (Wildman–Crippen MR) is 93.7 cm³/mol. The highest BCUT2D eigenvalue weighted by Crippen LogP contribution is 2.25. The first-order valence-corrected chi connectivity index (χ1v) is 8.08. The fourth-order valence-electron chi connectivity index (χ4n) is 2.76. The van der Waals surface area contributed by atoms with E-state index in [2.05, 4.69) is 10.2 Å². The van der Waals surface area contributed by atoms with Crippen molar-refractivity contribution >= 4 is 17.3 Å². The number of hydrogen-bond acceptors (Lipinski definition) is 5. The highest BCUT2D eigenvalue weighted by Gasteiger charge is 2.22. The van der Waals surface area contributed by atoms with Crippen molar-refractivity contribution < 1.29 is 14.5 Å². The van der Waals surface area contributed by atoms with Crippen molar-refractivity contribution in [2.45, 2.75) is 6.54 Å². The summed E-state index contributed by atoms with van der Waals surface area (Å²) < 4.78 is 5.32. The van der Waals surface area contributed by atoms with Crippen LogP contribution >= 0.6 is 0 Å². The Morgan fingerprint density at radius 1 is 1.16 bits per heavy atom. The first-order chi connectivity index (χ1) is 12.1. The van der Waals surface area contributed by atoms with Crippen molar-refractivity contribution in [1.29, 1.82) is 0 Å². The van der Waals surface area contributed by atoms with Crippen LogP contribution in [0.4, 0.5) is 11.4 Å². The Labute approximate surface area is 145 Å². The van der Waals surface area contributed by atoms with Crippen LogP contribution < -0.4 is 10.2 Å². The van der Waals surface area contributed by atoms with E-state index in [9.17, 15) is 14.9 Å². The number of nitro benzene ring substituents is 1. The number of hydrogen-bond donors (Lipinski definition) is 1. The fourth-order valence-corrected chi connectivity index (χ4v) is 2.76. The maximum absolute atomic E-state index is 12.5. The molecule has 1 N–H and O–H groups in total. The SMILES string of the molecule is O=C(NCc1ccccc1)c1cc(N2CCOCC2)ccc1[N+](=O)[O-]. The van der Waals surface area contributed by atoms with E-state index in [0.717, 1.165) is 11.3 Å². The first kappa shape index (κ1) is 16.9. The van der Waals surface area contributed by atoms with Gasteiger partial charge in [0.15, 0.2) is 0 Å². The van der Waals surface area contributed by atoms with E-state index in [1.165, 1.54) is 6.07 Å². The molecular formula is C18H19N3O4. The molecule has 0 saturated carbocycles. The number of benzene rings is 2. The van der Waals surface area contributed by atoms with Crippen molar-refractivity contribution in [3.8, 4) is 0 Å². The minimum absolute atomic E-state index is 0.0740. The molecule has 0 bridgehead atoms. The highest BCUT2D eigenvalue weighted by atomic mass is 16.6. The number of ether oxygens (including phenoxy) is 1. The fraction of sp³-hybridized carbons (Fsp3) is 0.278. The molecule has 3 rings (SSSR count). The van der Waals surface area contributed by atoms with E-state index in [4.69, 9.17) is 4.74 Å². The molecule has 0 aliphatic carbocycles. The van der Waals surface area contributed by atoms with Crippen LogP contribution in [-0.2, 0) is 11.3 Å². The highest BCUT2D eigenvalue weighted by molar-refractivity contribution is 5.99. The third-order valence-corrected chi connectivity index (χ3v) is 4.09. The summed E-state index contributed by atoms with van der Waals surface area (Å²) in [4.78, 5) is 25.3. The average molecular weight is 341 g/mol. The van der Waals surface area contributed by atoms with Crippen molar-refractivity contribution in [1.82, 2.24) is 5.32 Å². The predicted octanol–water partition coefficient (Wildman–Crippen LogP) is 2.36. The quantitative estimate of drug-likeness (QED) is 0.667. The van der Waals surface area contributed by atoms with Crippen LogP contribution in [-0.4, -0.2) is 37.1 Å². The van der Waals surface area contributed by atoms with Crippen LogP contribution in [0, 0.1) is 10.1 Å². The number of nitro groups is 1. The maximum Gasteiger partial charge on any atom is 0.282 e. The molecule has 1 aliphatic heterocycles. The van der Waals surface area contributed by atoms with Crippen molar-refractivity contribution in [2.24, 2.45) is 0 Å². The smallest absolute Gasteiger partial charge is 0.282 e. The van der Waals surface area contributed by atoms with Crippen LogP contribution in [0.3, 0.4) is 0 Å². The lowest BCUT2D eigenvalue weighted by Gasteiger charge is -2.29. The van der Waals surface area contributed by atoms with E-state index >= 15 is 0 Å². The number of anilines is 1. The van der Waals surface area contributed by atoms with Crippen LogP contribution in [0.5, 0.6) is 0 Å². The van der Waals surface area contributed by atoms with Gasteiger partial charge in [-0.25, -0.2) is 0 Å². The lowest BCUT2D eigenvalue weighted by molar-refractivity contribution is -0.385. The summed E-state index contributed by atoms with van der Waals surface area (Å²) in [5.41, 5.74) is 1.61. The minimum atomic E-state index is -0.527. The van der Waals surface area contributed by atoms with E-state index < -0.39 is 10.8 Å². The number of carbonyl (C=O) groups is 1. The van der Waals surface area contributed by atoms with Crippen LogP contribution in [0.25, 0.3) is 0 Å². The molecule has 0 aromatic heterocycles. The van der Waals surface area contributed by atoms with Gasteiger partial charge in [-0.05, 0) is 17.7 Å². The maximum atomic E-state index is 12.5. The third kappa shape index (κ3) is 4.13. The van der Waals surface area contributed by atoms with Gasteiger partial charge in [0.05, 0.1) is 18.1 Å². The zero-order valence-electron chi connectivity index (χ0n) is 13.7. The summed E-state index contributed by atoms with van der Waals surface area (Å²) in [6, 6.07) is 14.1. The van der Waals surface area contributed by atoms with Gasteiger partial charge in [-0.1, -0.05) is 30.3 Å². The second kappa shape index (κ2) is 7.76. The Balaban J connectivity index is 1.81. The van der Waals surface area contributed by atoms with Gasteiger partial charge in [0.25, 0.3) is 11.6 Å². The lowest BCUT2D eigenvalue weighted by Crippen LogP contribution is -2.36. The summed E-state index contributed by atoms with van der Waals surface area (Å²) in [5.74, 6) is -0.453. The number of morpholine rings is 1. The summed E-state index contributed by atoms with van der Waals surface area (Å²) in [6.07, 6.45) is 0. The number of nitrogens with zero attached hydrogens (tertiary/aromatic N) is 2. The van der Waals surface area contributed by atoms with E-state index in [1.54, 1.807) is 12.1 Å². The largest absolute Gasteiger partial charge is 0.378 e. The number of carbonyl (C=O) groups excluding carboxylic acids is 1. The van der Waals surface area contributed by atoms with Gasteiger partial charge in [-0.2, -0.15) is 0 Å². The molecule has 1 aliphatic rings. The summed E-state index contributed by atoms with van der Waals surface area (Å²) in [5, 5.41) is 14.0. The van der Waals surface area contributed by atoms with Crippen molar-refractivity contribution in [3.05, 3.63) is 69.8 Å². The monoisotopic (exact) mass is 341 g/mol. The van der Waals surface area contributed by atoms with Gasteiger partial charge in [0, 0.05) is 31.4 Å². The topological polar surface area (TPSA) is 84.7 Å². The van der Waals surface area contributed by atoms with Gasteiger partial charge in [0.1, 0.15) is 5.56 Å². The Hall–Kier alpha value is -2.93.